The number of thioether (sulfide) groups is 1. The van der Waals surface area contributed by atoms with Gasteiger partial charge < -0.3 is 9.67 Å². The molecular weight excluding hydrogens is 288 g/mol. The molecule has 1 N–H and O–H groups in total. The lowest BCUT2D eigenvalue weighted by molar-refractivity contribution is -0.133. The van der Waals surface area contributed by atoms with Crippen molar-refractivity contribution in [2.75, 3.05) is 5.75 Å². The Morgan fingerprint density at radius 2 is 2.14 bits per heavy atom. The molecule has 0 fully saturated rings. The van der Waals surface area contributed by atoms with E-state index < -0.39 is 5.97 Å². The highest BCUT2D eigenvalue weighted by Crippen LogP contribution is 2.20. The highest BCUT2D eigenvalue weighted by molar-refractivity contribution is 7.99. The van der Waals surface area contributed by atoms with Gasteiger partial charge in [-0.1, -0.05) is 36.0 Å². The van der Waals surface area contributed by atoms with E-state index in [0.717, 1.165) is 28.2 Å². The van der Waals surface area contributed by atoms with Gasteiger partial charge in [0, 0.05) is 11.6 Å². The fourth-order valence-electron chi connectivity index (χ4n) is 2.07. The van der Waals surface area contributed by atoms with E-state index in [-0.39, 0.29) is 5.75 Å². The molecule has 106 valence electrons. The topological polar surface area (TPSA) is 80.9 Å². The van der Waals surface area contributed by atoms with Crippen molar-refractivity contribution < 1.29 is 9.90 Å². The van der Waals surface area contributed by atoms with Crippen LogP contribution in [0.25, 0.3) is 10.9 Å². The molecule has 3 rings (SSSR count). The Kier molecular flexibility index (Phi) is 3.83. The second-order valence-corrected chi connectivity index (χ2v) is 5.36. The highest BCUT2D eigenvalue weighted by atomic mass is 32.2. The first-order chi connectivity index (χ1) is 10.2. The van der Waals surface area contributed by atoms with Crippen LogP contribution in [0.3, 0.4) is 0 Å². The standard InChI is InChI=1S/C14H12N4O2S/c19-12(20)8-21-14-17-16-9-18(14)7-11-4-1-3-10-5-2-6-15-13(10)11/h1-6,9H,7-8H2,(H,19,20). The number of rotatable bonds is 5. The highest BCUT2D eigenvalue weighted by Gasteiger charge is 2.10. The first kappa shape index (κ1) is 13.6. The van der Waals surface area contributed by atoms with Gasteiger partial charge in [-0.2, -0.15) is 0 Å². The van der Waals surface area contributed by atoms with Crippen molar-refractivity contribution in [1.29, 1.82) is 0 Å². The molecule has 7 heteroatoms. The van der Waals surface area contributed by atoms with Crippen LogP contribution in [-0.4, -0.2) is 36.6 Å². The van der Waals surface area contributed by atoms with Crippen LogP contribution >= 0.6 is 11.8 Å². The zero-order valence-corrected chi connectivity index (χ0v) is 11.8. The van der Waals surface area contributed by atoms with Gasteiger partial charge in [-0.15, -0.1) is 10.2 Å². The number of hydrogen-bond acceptors (Lipinski definition) is 5. The Labute approximate surface area is 124 Å². The fraction of sp³-hybridized carbons (Fsp3) is 0.143. The van der Waals surface area contributed by atoms with Gasteiger partial charge in [-0.3, -0.25) is 9.78 Å². The summed E-state index contributed by atoms with van der Waals surface area (Å²) in [7, 11) is 0. The number of para-hydroxylation sites is 1. The lowest BCUT2D eigenvalue weighted by atomic mass is 10.1. The van der Waals surface area contributed by atoms with E-state index in [0.29, 0.717) is 11.7 Å². The third kappa shape index (κ3) is 3.03. The molecule has 0 aliphatic heterocycles. The third-order valence-corrected chi connectivity index (χ3v) is 3.93. The summed E-state index contributed by atoms with van der Waals surface area (Å²) in [6.07, 6.45) is 3.37. The summed E-state index contributed by atoms with van der Waals surface area (Å²) in [5.41, 5.74) is 1.98. The Morgan fingerprint density at radius 1 is 1.29 bits per heavy atom. The number of carboxylic acids is 1. The molecule has 1 aromatic carbocycles. The lowest BCUT2D eigenvalue weighted by Crippen LogP contribution is -2.04. The SMILES string of the molecule is O=C(O)CSc1nncn1Cc1cccc2cccnc12. The molecule has 0 unspecified atom stereocenters. The minimum atomic E-state index is -0.874. The first-order valence-electron chi connectivity index (χ1n) is 6.29. The van der Waals surface area contributed by atoms with Gasteiger partial charge in [0.2, 0.25) is 0 Å². The molecule has 0 amide bonds. The maximum absolute atomic E-state index is 10.7. The van der Waals surface area contributed by atoms with E-state index in [4.69, 9.17) is 5.11 Å². The number of aromatic nitrogens is 4. The smallest absolute Gasteiger partial charge is 0.313 e. The van der Waals surface area contributed by atoms with E-state index in [1.807, 2.05) is 34.9 Å². The molecular formula is C14H12N4O2S. The van der Waals surface area contributed by atoms with Crippen LogP contribution < -0.4 is 0 Å². The lowest BCUT2D eigenvalue weighted by Gasteiger charge is -2.08. The zero-order chi connectivity index (χ0) is 14.7. The molecule has 0 bridgehead atoms. The molecule has 2 aromatic heterocycles. The van der Waals surface area contributed by atoms with Crippen LogP contribution in [0.5, 0.6) is 0 Å². The molecule has 0 saturated carbocycles. The average Bonchev–Trinajstić information content (AvgIpc) is 2.93. The van der Waals surface area contributed by atoms with Crippen LogP contribution in [0, 0.1) is 0 Å². The predicted molar refractivity (Wildman–Crippen MR) is 79.2 cm³/mol. The monoisotopic (exact) mass is 300 g/mol. The molecule has 6 nitrogen and oxygen atoms in total. The number of hydrogen-bond donors (Lipinski definition) is 1. The summed E-state index contributed by atoms with van der Waals surface area (Å²) >= 11 is 1.16. The van der Waals surface area contributed by atoms with Crippen molar-refractivity contribution in [3.8, 4) is 0 Å². The van der Waals surface area contributed by atoms with Gasteiger partial charge >= 0.3 is 5.97 Å². The molecule has 0 atom stereocenters. The van der Waals surface area contributed by atoms with E-state index in [9.17, 15) is 4.79 Å². The van der Waals surface area contributed by atoms with Crippen molar-refractivity contribution in [3.05, 3.63) is 48.4 Å². The molecule has 0 aliphatic rings. The second-order valence-electron chi connectivity index (χ2n) is 4.42. The molecule has 0 spiro atoms. The average molecular weight is 300 g/mol. The van der Waals surface area contributed by atoms with Crippen molar-refractivity contribution in [2.45, 2.75) is 11.7 Å². The summed E-state index contributed by atoms with van der Waals surface area (Å²) < 4.78 is 1.83. The molecule has 3 aromatic rings. The van der Waals surface area contributed by atoms with E-state index >= 15 is 0 Å². The minimum Gasteiger partial charge on any atom is -0.481 e. The summed E-state index contributed by atoms with van der Waals surface area (Å²) in [5.74, 6) is -0.909. The van der Waals surface area contributed by atoms with Crippen molar-refractivity contribution in [1.82, 2.24) is 19.7 Å². The van der Waals surface area contributed by atoms with Gasteiger partial charge in [-0.05, 0) is 11.6 Å². The Balaban J connectivity index is 1.89. The third-order valence-electron chi connectivity index (χ3n) is 2.96. The van der Waals surface area contributed by atoms with Gasteiger partial charge in [0.1, 0.15) is 6.33 Å². The van der Waals surface area contributed by atoms with Crippen LogP contribution in [0.15, 0.2) is 48.0 Å². The predicted octanol–water partition coefficient (Wildman–Crippen LogP) is 2.05. The largest absolute Gasteiger partial charge is 0.481 e. The number of carboxylic acid groups (broad SMARTS) is 1. The number of nitrogens with zero attached hydrogens (tertiary/aromatic N) is 4. The Morgan fingerprint density at radius 3 is 3.00 bits per heavy atom. The molecule has 21 heavy (non-hydrogen) atoms. The first-order valence-corrected chi connectivity index (χ1v) is 7.27. The van der Waals surface area contributed by atoms with Crippen LogP contribution in [0.1, 0.15) is 5.56 Å². The Bertz CT molecular complexity index is 782. The normalized spacial score (nSPS) is 10.9. The van der Waals surface area contributed by atoms with Gasteiger partial charge in [0.25, 0.3) is 0 Å². The summed E-state index contributed by atoms with van der Waals surface area (Å²) in [4.78, 5) is 15.1. The van der Waals surface area contributed by atoms with Crippen LogP contribution in [0.4, 0.5) is 0 Å². The number of carbonyl (C=O) groups is 1. The zero-order valence-electron chi connectivity index (χ0n) is 11.0. The van der Waals surface area contributed by atoms with Crippen molar-refractivity contribution in [3.63, 3.8) is 0 Å². The van der Waals surface area contributed by atoms with Gasteiger partial charge in [-0.25, -0.2) is 0 Å². The maximum atomic E-state index is 10.7. The molecule has 0 aliphatic carbocycles. The minimum absolute atomic E-state index is 0.0352. The summed E-state index contributed by atoms with van der Waals surface area (Å²) in [6.45, 7) is 0.559. The number of pyridine rings is 1. The van der Waals surface area contributed by atoms with E-state index in [1.165, 1.54) is 0 Å². The fourth-order valence-corrected chi connectivity index (χ4v) is 2.70. The summed E-state index contributed by atoms with van der Waals surface area (Å²) in [5, 5.41) is 18.2. The number of benzene rings is 1. The quantitative estimate of drug-likeness (QED) is 0.726. The van der Waals surface area contributed by atoms with E-state index in [2.05, 4.69) is 15.2 Å². The van der Waals surface area contributed by atoms with E-state index in [1.54, 1.807) is 12.5 Å². The maximum Gasteiger partial charge on any atom is 0.313 e. The van der Waals surface area contributed by atoms with Crippen molar-refractivity contribution in [2.24, 2.45) is 0 Å². The number of fused-ring (bicyclic) bond motifs is 1. The second kappa shape index (κ2) is 5.92. The summed E-state index contributed by atoms with van der Waals surface area (Å²) in [6, 6.07) is 9.91. The Hall–Kier alpha value is -2.41. The van der Waals surface area contributed by atoms with Crippen LogP contribution in [-0.2, 0) is 11.3 Å². The molecule has 0 radical (unpaired) electrons. The van der Waals surface area contributed by atoms with Crippen molar-refractivity contribution >= 4 is 28.6 Å². The molecule has 2 heterocycles. The van der Waals surface area contributed by atoms with Gasteiger partial charge in [0.05, 0.1) is 17.8 Å². The van der Waals surface area contributed by atoms with Gasteiger partial charge in [0.15, 0.2) is 5.16 Å². The van der Waals surface area contributed by atoms with Crippen LogP contribution in [0.2, 0.25) is 0 Å². The molecule has 0 saturated heterocycles. The number of aliphatic carboxylic acids is 1.